The molecular formula is C11H14ClFN2. The smallest absolute Gasteiger partial charge is 0.141 e. The average Bonchev–Trinajstić information content (AvgIpc) is 2.24. The Morgan fingerprint density at radius 3 is 2.87 bits per heavy atom. The highest BCUT2D eigenvalue weighted by Crippen LogP contribution is 2.23. The Hall–Kier alpha value is -0.900. The minimum absolute atomic E-state index is 0.0268. The van der Waals surface area contributed by atoms with E-state index in [0.29, 0.717) is 0 Å². The van der Waals surface area contributed by atoms with Crippen molar-refractivity contribution in [2.45, 2.75) is 18.9 Å². The van der Waals surface area contributed by atoms with E-state index in [0.717, 1.165) is 18.4 Å². The lowest BCUT2D eigenvalue weighted by atomic mass is 10.0. The molecular weight excluding hydrogens is 215 g/mol. The van der Waals surface area contributed by atoms with Crippen molar-refractivity contribution >= 4 is 11.6 Å². The minimum Gasteiger partial charge on any atom is -0.271 e. The van der Waals surface area contributed by atoms with Gasteiger partial charge in [0, 0.05) is 6.04 Å². The lowest BCUT2D eigenvalue weighted by Crippen LogP contribution is -2.27. The summed E-state index contributed by atoms with van der Waals surface area (Å²) in [5.41, 5.74) is 3.55. The monoisotopic (exact) mass is 228 g/mol. The van der Waals surface area contributed by atoms with E-state index in [-0.39, 0.29) is 11.1 Å². The summed E-state index contributed by atoms with van der Waals surface area (Å²) >= 11 is 5.69. The van der Waals surface area contributed by atoms with Gasteiger partial charge in [0.1, 0.15) is 5.82 Å². The van der Waals surface area contributed by atoms with Gasteiger partial charge in [0.15, 0.2) is 0 Å². The molecule has 0 aliphatic carbocycles. The van der Waals surface area contributed by atoms with Crippen LogP contribution in [0.15, 0.2) is 30.9 Å². The van der Waals surface area contributed by atoms with Gasteiger partial charge >= 0.3 is 0 Å². The van der Waals surface area contributed by atoms with E-state index < -0.39 is 5.82 Å². The lowest BCUT2D eigenvalue weighted by molar-refractivity contribution is 0.519. The molecule has 0 aromatic heterocycles. The molecule has 4 heteroatoms. The van der Waals surface area contributed by atoms with E-state index in [1.54, 1.807) is 12.1 Å². The van der Waals surface area contributed by atoms with Crippen LogP contribution in [-0.4, -0.2) is 0 Å². The van der Waals surface area contributed by atoms with Gasteiger partial charge in [-0.1, -0.05) is 23.7 Å². The summed E-state index contributed by atoms with van der Waals surface area (Å²) < 4.78 is 12.9. The molecule has 0 radical (unpaired) electrons. The zero-order valence-corrected chi connectivity index (χ0v) is 9.10. The Morgan fingerprint density at radius 2 is 2.33 bits per heavy atom. The van der Waals surface area contributed by atoms with Crippen LogP contribution >= 0.6 is 11.6 Å². The molecule has 0 saturated heterocycles. The molecule has 0 fully saturated rings. The van der Waals surface area contributed by atoms with Crippen molar-refractivity contribution in [1.29, 1.82) is 0 Å². The molecule has 1 aromatic rings. The zero-order valence-electron chi connectivity index (χ0n) is 8.34. The molecule has 0 saturated carbocycles. The van der Waals surface area contributed by atoms with Crippen molar-refractivity contribution in [3.05, 3.63) is 47.3 Å². The molecule has 2 nitrogen and oxygen atoms in total. The molecule has 0 aliphatic heterocycles. The van der Waals surface area contributed by atoms with Gasteiger partial charge in [-0.3, -0.25) is 11.3 Å². The van der Waals surface area contributed by atoms with Crippen LogP contribution in [-0.2, 0) is 0 Å². The molecule has 3 N–H and O–H groups in total. The molecule has 1 unspecified atom stereocenters. The lowest BCUT2D eigenvalue weighted by Gasteiger charge is -2.15. The van der Waals surface area contributed by atoms with Crippen molar-refractivity contribution < 1.29 is 4.39 Å². The van der Waals surface area contributed by atoms with Crippen LogP contribution in [0.25, 0.3) is 0 Å². The standard InChI is InChI=1S/C11H14ClFN2/c1-2-3-4-11(15-14)8-5-6-10(13)9(12)7-8/h2,5-7,11,15H,1,3-4,14H2. The number of hydrogen-bond donors (Lipinski definition) is 2. The second-order valence-corrected chi connectivity index (χ2v) is 3.67. The number of allylic oxidation sites excluding steroid dienone is 1. The Morgan fingerprint density at radius 1 is 1.60 bits per heavy atom. The van der Waals surface area contributed by atoms with E-state index in [1.807, 2.05) is 6.08 Å². The first-order chi connectivity index (χ1) is 7.19. The van der Waals surface area contributed by atoms with Crippen LogP contribution in [0.5, 0.6) is 0 Å². The number of hydrazine groups is 1. The highest BCUT2D eigenvalue weighted by molar-refractivity contribution is 6.30. The van der Waals surface area contributed by atoms with Gasteiger partial charge in [0.2, 0.25) is 0 Å². The highest BCUT2D eigenvalue weighted by Gasteiger charge is 2.10. The third kappa shape index (κ3) is 3.30. The molecule has 1 atom stereocenters. The summed E-state index contributed by atoms with van der Waals surface area (Å²) in [7, 11) is 0. The number of benzene rings is 1. The minimum atomic E-state index is -0.417. The van der Waals surface area contributed by atoms with Crippen LogP contribution in [0.3, 0.4) is 0 Å². The molecule has 1 aromatic carbocycles. The van der Waals surface area contributed by atoms with Crippen LogP contribution < -0.4 is 11.3 Å². The van der Waals surface area contributed by atoms with Crippen molar-refractivity contribution in [3.63, 3.8) is 0 Å². The molecule has 0 aliphatic rings. The van der Waals surface area contributed by atoms with Gasteiger partial charge in [-0.05, 0) is 30.5 Å². The third-order valence-corrected chi connectivity index (χ3v) is 2.50. The van der Waals surface area contributed by atoms with Gasteiger partial charge in [0.25, 0.3) is 0 Å². The van der Waals surface area contributed by atoms with Gasteiger partial charge in [-0.25, -0.2) is 4.39 Å². The SMILES string of the molecule is C=CCCC(NN)c1ccc(F)c(Cl)c1. The maximum absolute atomic E-state index is 12.9. The fourth-order valence-electron chi connectivity index (χ4n) is 1.36. The number of nitrogens with one attached hydrogen (secondary N) is 1. The predicted octanol–water partition coefficient (Wildman–Crippen LogP) is 2.95. The summed E-state index contributed by atoms with van der Waals surface area (Å²) in [6, 6.07) is 4.58. The number of hydrogen-bond acceptors (Lipinski definition) is 2. The van der Waals surface area contributed by atoms with Gasteiger partial charge in [-0.15, -0.1) is 6.58 Å². The van der Waals surface area contributed by atoms with Gasteiger partial charge in [-0.2, -0.15) is 0 Å². The van der Waals surface area contributed by atoms with Crippen molar-refractivity contribution in [2.24, 2.45) is 5.84 Å². The third-order valence-electron chi connectivity index (χ3n) is 2.21. The Bertz CT molecular complexity index is 341. The van der Waals surface area contributed by atoms with Crippen LogP contribution in [0, 0.1) is 5.82 Å². The van der Waals surface area contributed by atoms with Crippen molar-refractivity contribution in [2.75, 3.05) is 0 Å². The summed E-state index contributed by atoms with van der Waals surface area (Å²) in [6.45, 7) is 3.64. The zero-order chi connectivity index (χ0) is 11.3. The van der Waals surface area contributed by atoms with E-state index in [4.69, 9.17) is 17.4 Å². The van der Waals surface area contributed by atoms with E-state index in [2.05, 4.69) is 12.0 Å². The molecule has 15 heavy (non-hydrogen) atoms. The quantitative estimate of drug-likeness (QED) is 0.462. The fraction of sp³-hybridized carbons (Fsp3) is 0.273. The first-order valence-corrected chi connectivity index (χ1v) is 5.08. The molecule has 0 heterocycles. The van der Waals surface area contributed by atoms with Gasteiger partial charge < -0.3 is 0 Å². The maximum Gasteiger partial charge on any atom is 0.141 e. The summed E-state index contributed by atoms with van der Waals surface area (Å²) in [4.78, 5) is 0. The van der Waals surface area contributed by atoms with E-state index in [9.17, 15) is 4.39 Å². The van der Waals surface area contributed by atoms with Crippen LogP contribution in [0.2, 0.25) is 5.02 Å². The van der Waals surface area contributed by atoms with Crippen molar-refractivity contribution in [3.8, 4) is 0 Å². The first kappa shape index (κ1) is 12.2. The van der Waals surface area contributed by atoms with Crippen LogP contribution in [0.4, 0.5) is 4.39 Å². The number of nitrogens with two attached hydrogens (primary N) is 1. The fourth-order valence-corrected chi connectivity index (χ4v) is 1.55. The van der Waals surface area contributed by atoms with E-state index >= 15 is 0 Å². The average molecular weight is 229 g/mol. The highest BCUT2D eigenvalue weighted by atomic mass is 35.5. The normalized spacial score (nSPS) is 12.5. The number of rotatable bonds is 5. The molecule has 0 bridgehead atoms. The van der Waals surface area contributed by atoms with Crippen molar-refractivity contribution in [1.82, 2.24) is 5.43 Å². The topological polar surface area (TPSA) is 38.0 Å². The predicted molar refractivity (Wildman–Crippen MR) is 60.9 cm³/mol. The summed E-state index contributed by atoms with van der Waals surface area (Å²) in [6.07, 6.45) is 3.46. The Kier molecular flexibility index (Phi) is 4.75. The first-order valence-electron chi connectivity index (χ1n) is 4.71. The molecule has 0 amide bonds. The number of halogens is 2. The molecule has 0 spiro atoms. The van der Waals surface area contributed by atoms with Crippen LogP contribution in [0.1, 0.15) is 24.4 Å². The second-order valence-electron chi connectivity index (χ2n) is 3.26. The summed E-state index contributed by atoms with van der Waals surface area (Å²) in [5.74, 6) is 5.00. The second kappa shape index (κ2) is 5.85. The maximum atomic E-state index is 12.9. The molecule has 1 rings (SSSR count). The molecule has 82 valence electrons. The van der Waals surface area contributed by atoms with Gasteiger partial charge in [0.05, 0.1) is 5.02 Å². The summed E-state index contributed by atoms with van der Waals surface area (Å²) in [5, 5.41) is 0.117. The Labute approximate surface area is 93.9 Å². The van der Waals surface area contributed by atoms with E-state index in [1.165, 1.54) is 6.07 Å². The Balaban J connectivity index is 2.82. The largest absolute Gasteiger partial charge is 0.271 e.